The molecule has 1 heterocycles. The van der Waals surface area contributed by atoms with E-state index in [0.29, 0.717) is 21.5 Å². The lowest BCUT2D eigenvalue weighted by Gasteiger charge is -2.02. The van der Waals surface area contributed by atoms with Gasteiger partial charge in [-0.15, -0.1) is 0 Å². The zero-order valence-corrected chi connectivity index (χ0v) is 10.2. The first-order valence-corrected chi connectivity index (χ1v) is 5.53. The smallest absolute Gasteiger partial charge is 0.229 e. The molecule has 0 bridgehead atoms. The number of halogens is 1. The van der Waals surface area contributed by atoms with Crippen LogP contribution in [0.15, 0.2) is 39.2 Å². The highest BCUT2D eigenvalue weighted by molar-refractivity contribution is 9.10. The molecule has 0 spiro atoms. The highest BCUT2D eigenvalue weighted by Gasteiger charge is 2.15. The molecule has 0 saturated carbocycles. The standard InChI is InChI=1S/C12H10BrNO2/c1-7-2-5-11(16-7)12(15)9-4-3-8(14)6-10(9)13/h2-6H,14H2,1H3. The Kier molecular flexibility index (Phi) is 2.83. The van der Waals surface area contributed by atoms with Crippen molar-refractivity contribution in [3.05, 3.63) is 51.9 Å². The Labute approximate surface area is 101 Å². The fourth-order valence-electron chi connectivity index (χ4n) is 1.40. The number of anilines is 1. The van der Waals surface area contributed by atoms with Crippen LogP contribution in [0, 0.1) is 6.92 Å². The average Bonchev–Trinajstić information content (AvgIpc) is 2.64. The Hall–Kier alpha value is -1.55. The molecule has 2 rings (SSSR count). The van der Waals surface area contributed by atoms with Crippen LogP contribution in [0.4, 0.5) is 5.69 Å². The van der Waals surface area contributed by atoms with Crippen molar-refractivity contribution in [2.24, 2.45) is 0 Å². The predicted octanol–water partition coefficient (Wildman–Crippen LogP) is 3.16. The van der Waals surface area contributed by atoms with Crippen LogP contribution in [0.3, 0.4) is 0 Å². The van der Waals surface area contributed by atoms with Gasteiger partial charge in [0.25, 0.3) is 0 Å². The third kappa shape index (κ3) is 2.02. The average molecular weight is 280 g/mol. The van der Waals surface area contributed by atoms with E-state index in [2.05, 4.69) is 15.9 Å². The first-order valence-electron chi connectivity index (χ1n) is 4.74. The molecule has 1 aromatic carbocycles. The van der Waals surface area contributed by atoms with Crippen LogP contribution in [-0.4, -0.2) is 5.78 Å². The van der Waals surface area contributed by atoms with Gasteiger partial charge in [0.2, 0.25) is 5.78 Å². The lowest BCUT2D eigenvalue weighted by molar-refractivity contribution is 0.101. The lowest BCUT2D eigenvalue weighted by Crippen LogP contribution is -2.01. The quantitative estimate of drug-likeness (QED) is 0.679. The largest absolute Gasteiger partial charge is 0.458 e. The summed E-state index contributed by atoms with van der Waals surface area (Å²) < 4.78 is 5.96. The van der Waals surface area contributed by atoms with E-state index >= 15 is 0 Å². The fourth-order valence-corrected chi connectivity index (χ4v) is 1.98. The van der Waals surface area contributed by atoms with Gasteiger partial charge < -0.3 is 10.2 Å². The van der Waals surface area contributed by atoms with E-state index in [4.69, 9.17) is 10.2 Å². The summed E-state index contributed by atoms with van der Waals surface area (Å²) in [4.78, 5) is 12.0. The molecule has 0 unspecified atom stereocenters. The predicted molar refractivity (Wildman–Crippen MR) is 65.4 cm³/mol. The molecule has 0 fully saturated rings. The van der Waals surface area contributed by atoms with E-state index < -0.39 is 0 Å². The summed E-state index contributed by atoms with van der Waals surface area (Å²) in [5, 5.41) is 0. The zero-order valence-electron chi connectivity index (χ0n) is 8.66. The molecule has 3 nitrogen and oxygen atoms in total. The zero-order chi connectivity index (χ0) is 11.7. The summed E-state index contributed by atoms with van der Waals surface area (Å²) >= 11 is 3.31. The van der Waals surface area contributed by atoms with E-state index in [1.54, 1.807) is 37.3 Å². The number of furan rings is 1. The number of nitrogen functional groups attached to an aromatic ring is 1. The van der Waals surface area contributed by atoms with Crippen molar-refractivity contribution in [2.45, 2.75) is 6.92 Å². The maximum absolute atomic E-state index is 12.0. The van der Waals surface area contributed by atoms with Crippen molar-refractivity contribution < 1.29 is 9.21 Å². The third-order valence-electron chi connectivity index (χ3n) is 2.20. The number of rotatable bonds is 2. The molecule has 1 aromatic heterocycles. The molecule has 4 heteroatoms. The van der Waals surface area contributed by atoms with E-state index in [9.17, 15) is 4.79 Å². The number of hydrogen-bond donors (Lipinski definition) is 1. The highest BCUT2D eigenvalue weighted by Crippen LogP contribution is 2.23. The first kappa shape index (κ1) is 11.0. The number of nitrogens with two attached hydrogens (primary N) is 1. The molecule has 0 atom stereocenters. The molecule has 2 aromatic rings. The van der Waals surface area contributed by atoms with Crippen molar-refractivity contribution in [1.29, 1.82) is 0 Å². The van der Waals surface area contributed by atoms with Crippen LogP contribution in [0.25, 0.3) is 0 Å². The molecule has 0 amide bonds. The van der Waals surface area contributed by atoms with Crippen LogP contribution < -0.4 is 5.73 Å². The van der Waals surface area contributed by atoms with Gasteiger partial charge in [0.1, 0.15) is 5.76 Å². The van der Waals surface area contributed by atoms with E-state index in [0.717, 1.165) is 5.76 Å². The molecule has 16 heavy (non-hydrogen) atoms. The Morgan fingerprint density at radius 1 is 1.31 bits per heavy atom. The van der Waals surface area contributed by atoms with Crippen molar-refractivity contribution >= 4 is 27.4 Å². The molecular weight excluding hydrogens is 270 g/mol. The molecule has 2 N–H and O–H groups in total. The van der Waals surface area contributed by atoms with Crippen molar-refractivity contribution in [2.75, 3.05) is 5.73 Å². The molecule has 0 radical (unpaired) electrons. The van der Waals surface area contributed by atoms with Crippen molar-refractivity contribution in [3.63, 3.8) is 0 Å². The molecule has 0 aliphatic rings. The topological polar surface area (TPSA) is 56.2 Å². The summed E-state index contributed by atoms with van der Waals surface area (Å²) in [6.45, 7) is 1.80. The van der Waals surface area contributed by atoms with Gasteiger partial charge in [-0.2, -0.15) is 0 Å². The second kappa shape index (κ2) is 4.14. The van der Waals surface area contributed by atoms with Gasteiger partial charge in [-0.05, 0) is 53.2 Å². The Balaban J connectivity index is 2.41. The minimum absolute atomic E-state index is 0.153. The monoisotopic (exact) mass is 279 g/mol. The number of benzene rings is 1. The van der Waals surface area contributed by atoms with Crippen molar-refractivity contribution in [1.82, 2.24) is 0 Å². The van der Waals surface area contributed by atoms with E-state index in [-0.39, 0.29) is 5.78 Å². The van der Waals surface area contributed by atoms with E-state index in [1.807, 2.05) is 0 Å². The van der Waals surface area contributed by atoms with Crippen LogP contribution in [0.1, 0.15) is 21.9 Å². The Morgan fingerprint density at radius 2 is 2.06 bits per heavy atom. The number of ketones is 1. The van der Waals surface area contributed by atoms with Gasteiger partial charge in [0, 0.05) is 15.7 Å². The normalized spacial score (nSPS) is 10.4. The number of carbonyl (C=O) groups excluding carboxylic acids is 1. The summed E-state index contributed by atoms with van der Waals surface area (Å²) in [5.41, 5.74) is 6.76. The van der Waals surface area contributed by atoms with Gasteiger partial charge >= 0.3 is 0 Å². The molecule has 82 valence electrons. The highest BCUT2D eigenvalue weighted by atomic mass is 79.9. The minimum Gasteiger partial charge on any atom is -0.458 e. The fraction of sp³-hybridized carbons (Fsp3) is 0.0833. The van der Waals surface area contributed by atoms with Crippen LogP contribution in [0.2, 0.25) is 0 Å². The van der Waals surface area contributed by atoms with E-state index in [1.165, 1.54) is 0 Å². The number of hydrogen-bond acceptors (Lipinski definition) is 3. The Bertz CT molecular complexity index is 546. The van der Waals surface area contributed by atoms with Gasteiger partial charge in [0.05, 0.1) is 0 Å². The summed E-state index contributed by atoms with van der Waals surface area (Å²) in [6, 6.07) is 8.50. The van der Waals surface area contributed by atoms with Crippen molar-refractivity contribution in [3.8, 4) is 0 Å². The van der Waals surface area contributed by atoms with Crippen LogP contribution in [0.5, 0.6) is 0 Å². The molecule has 0 aliphatic heterocycles. The minimum atomic E-state index is -0.153. The molecular formula is C12H10BrNO2. The second-order valence-corrected chi connectivity index (χ2v) is 4.33. The maximum Gasteiger partial charge on any atom is 0.229 e. The molecule has 0 saturated heterocycles. The van der Waals surface area contributed by atoms with Gasteiger partial charge in [-0.1, -0.05) is 0 Å². The third-order valence-corrected chi connectivity index (χ3v) is 2.86. The van der Waals surface area contributed by atoms with Crippen LogP contribution >= 0.6 is 15.9 Å². The number of aryl methyl sites for hydroxylation is 1. The molecule has 0 aliphatic carbocycles. The number of carbonyl (C=O) groups is 1. The SMILES string of the molecule is Cc1ccc(C(=O)c2ccc(N)cc2Br)o1. The maximum atomic E-state index is 12.0. The Morgan fingerprint density at radius 3 is 2.62 bits per heavy atom. The van der Waals surface area contributed by atoms with Gasteiger partial charge in [0.15, 0.2) is 5.76 Å². The second-order valence-electron chi connectivity index (χ2n) is 3.48. The summed E-state index contributed by atoms with van der Waals surface area (Å²) in [6.07, 6.45) is 0. The summed E-state index contributed by atoms with van der Waals surface area (Å²) in [5.74, 6) is 0.901. The van der Waals surface area contributed by atoms with Crippen LogP contribution in [-0.2, 0) is 0 Å². The summed E-state index contributed by atoms with van der Waals surface area (Å²) in [7, 11) is 0. The van der Waals surface area contributed by atoms with Gasteiger partial charge in [-0.3, -0.25) is 4.79 Å². The van der Waals surface area contributed by atoms with Gasteiger partial charge in [-0.25, -0.2) is 0 Å². The lowest BCUT2D eigenvalue weighted by atomic mass is 10.1. The first-order chi connectivity index (χ1) is 7.58.